The van der Waals surface area contributed by atoms with Gasteiger partial charge in [-0.3, -0.25) is 4.68 Å². The van der Waals surface area contributed by atoms with Crippen LogP contribution in [0.15, 0.2) is 35.5 Å². The van der Waals surface area contributed by atoms with Gasteiger partial charge in [0, 0.05) is 28.7 Å². The summed E-state index contributed by atoms with van der Waals surface area (Å²) >= 11 is 8.00. The predicted molar refractivity (Wildman–Crippen MR) is 77.6 cm³/mol. The third-order valence-electron chi connectivity index (χ3n) is 3.21. The van der Waals surface area contributed by atoms with E-state index in [0.717, 1.165) is 30.3 Å². The number of nitrogens with zero attached hydrogens (tertiary/aromatic N) is 3. The molecular formula is C13H15ClN4S. The first kappa shape index (κ1) is 13.0. The fraction of sp³-hybridized carbons (Fsp3) is 0.385. The fourth-order valence-corrected chi connectivity index (χ4v) is 3.57. The third kappa shape index (κ3) is 3.11. The van der Waals surface area contributed by atoms with Gasteiger partial charge in [0.15, 0.2) is 0 Å². The quantitative estimate of drug-likeness (QED) is 0.941. The van der Waals surface area contributed by atoms with E-state index in [9.17, 15) is 0 Å². The Hall–Kier alpha value is -1.04. The monoisotopic (exact) mass is 294 g/mol. The SMILES string of the molecule is Clc1ccc2c(c1)C(NCCn1ccnn1)CCS2. The van der Waals surface area contributed by atoms with Crippen LogP contribution in [0.1, 0.15) is 18.0 Å². The molecule has 100 valence electrons. The molecule has 3 rings (SSSR count). The van der Waals surface area contributed by atoms with E-state index >= 15 is 0 Å². The topological polar surface area (TPSA) is 42.7 Å². The van der Waals surface area contributed by atoms with E-state index in [1.165, 1.54) is 10.5 Å². The van der Waals surface area contributed by atoms with Gasteiger partial charge in [0.05, 0.1) is 12.7 Å². The largest absolute Gasteiger partial charge is 0.308 e. The maximum Gasteiger partial charge on any atom is 0.0692 e. The number of fused-ring (bicyclic) bond motifs is 1. The first-order valence-electron chi connectivity index (χ1n) is 6.32. The molecule has 1 unspecified atom stereocenters. The van der Waals surface area contributed by atoms with Crippen LogP contribution in [0.2, 0.25) is 5.02 Å². The van der Waals surface area contributed by atoms with E-state index < -0.39 is 0 Å². The molecule has 1 aromatic heterocycles. The lowest BCUT2D eigenvalue weighted by molar-refractivity contribution is 0.466. The van der Waals surface area contributed by atoms with Gasteiger partial charge in [0.1, 0.15) is 0 Å². The average molecular weight is 295 g/mol. The summed E-state index contributed by atoms with van der Waals surface area (Å²) < 4.78 is 1.84. The van der Waals surface area contributed by atoms with Gasteiger partial charge < -0.3 is 5.32 Å². The van der Waals surface area contributed by atoms with Crippen LogP contribution in [0.4, 0.5) is 0 Å². The molecular weight excluding hydrogens is 280 g/mol. The van der Waals surface area contributed by atoms with Gasteiger partial charge in [-0.25, -0.2) is 0 Å². The van der Waals surface area contributed by atoms with Crippen LogP contribution in [0.25, 0.3) is 0 Å². The fourth-order valence-electron chi connectivity index (χ4n) is 2.28. The second kappa shape index (κ2) is 5.94. The molecule has 1 atom stereocenters. The molecule has 0 aliphatic carbocycles. The van der Waals surface area contributed by atoms with Crippen molar-refractivity contribution in [3.8, 4) is 0 Å². The van der Waals surface area contributed by atoms with E-state index in [4.69, 9.17) is 11.6 Å². The Balaban J connectivity index is 1.64. The average Bonchev–Trinajstić information content (AvgIpc) is 2.92. The van der Waals surface area contributed by atoms with Gasteiger partial charge in [-0.1, -0.05) is 16.8 Å². The lowest BCUT2D eigenvalue weighted by Crippen LogP contribution is -2.28. The molecule has 0 saturated carbocycles. The lowest BCUT2D eigenvalue weighted by Gasteiger charge is -2.26. The number of nitrogens with one attached hydrogen (secondary N) is 1. The van der Waals surface area contributed by atoms with E-state index in [2.05, 4.69) is 27.8 Å². The molecule has 0 spiro atoms. The number of hydrogen-bond donors (Lipinski definition) is 1. The summed E-state index contributed by atoms with van der Waals surface area (Å²) in [4.78, 5) is 1.34. The lowest BCUT2D eigenvalue weighted by atomic mass is 10.0. The third-order valence-corrected chi connectivity index (χ3v) is 4.57. The smallest absolute Gasteiger partial charge is 0.0692 e. The first-order chi connectivity index (χ1) is 9.33. The molecule has 0 bridgehead atoms. The molecule has 2 heterocycles. The standard InChI is InChI=1S/C13H15ClN4S/c14-10-1-2-13-11(9-10)12(3-8-19-13)15-4-6-18-7-5-16-17-18/h1-2,5,7,9,12,15H,3-4,6,8H2. The molecule has 0 saturated heterocycles. The maximum atomic E-state index is 6.10. The Morgan fingerprint density at radius 2 is 2.42 bits per heavy atom. The summed E-state index contributed by atoms with van der Waals surface area (Å²) in [5.41, 5.74) is 1.32. The van der Waals surface area contributed by atoms with Crippen LogP contribution in [-0.2, 0) is 6.54 Å². The van der Waals surface area contributed by atoms with Crippen molar-refractivity contribution in [1.82, 2.24) is 20.3 Å². The molecule has 6 heteroatoms. The number of hydrogen-bond acceptors (Lipinski definition) is 4. The van der Waals surface area contributed by atoms with Gasteiger partial charge in [-0.2, -0.15) is 0 Å². The van der Waals surface area contributed by atoms with Crippen molar-refractivity contribution in [2.75, 3.05) is 12.3 Å². The number of halogens is 1. The number of rotatable bonds is 4. The van der Waals surface area contributed by atoms with Gasteiger partial charge in [0.25, 0.3) is 0 Å². The van der Waals surface area contributed by atoms with Gasteiger partial charge in [-0.15, -0.1) is 16.9 Å². The summed E-state index contributed by atoms with van der Waals surface area (Å²) in [5, 5.41) is 12.2. The Labute approximate surface area is 121 Å². The van der Waals surface area contributed by atoms with Crippen molar-refractivity contribution in [2.24, 2.45) is 0 Å². The van der Waals surface area contributed by atoms with Gasteiger partial charge in [0.2, 0.25) is 0 Å². The van der Waals surface area contributed by atoms with E-state index in [1.807, 2.05) is 28.7 Å². The molecule has 0 radical (unpaired) electrons. The normalized spacial score (nSPS) is 18.3. The van der Waals surface area contributed by atoms with Crippen LogP contribution in [0.5, 0.6) is 0 Å². The molecule has 4 nitrogen and oxygen atoms in total. The van der Waals surface area contributed by atoms with E-state index in [0.29, 0.717) is 6.04 Å². The molecule has 1 aliphatic heterocycles. The van der Waals surface area contributed by atoms with E-state index in [-0.39, 0.29) is 0 Å². The Kier molecular flexibility index (Phi) is 4.06. The maximum absolute atomic E-state index is 6.10. The zero-order chi connectivity index (χ0) is 13.1. The highest BCUT2D eigenvalue weighted by Gasteiger charge is 2.20. The van der Waals surface area contributed by atoms with Crippen LogP contribution in [0.3, 0.4) is 0 Å². The van der Waals surface area contributed by atoms with Crippen LogP contribution >= 0.6 is 23.4 Å². The van der Waals surface area contributed by atoms with E-state index in [1.54, 1.807) is 6.20 Å². The number of aromatic nitrogens is 3. The summed E-state index contributed by atoms with van der Waals surface area (Å²) in [6.45, 7) is 1.71. The summed E-state index contributed by atoms with van der Waals surface area (Å²) in [5.74, 6) is 1.15. The van der Waals surface area contributed by atoms with Crippen molar-refractivity contribution < 1.29 is 0 Å². The van der Waals surface area contributed by atoms with Gasteiger partial charge in [-0.05, 0) is 35.9 Å². The predicted octanol–water partition coefficient (Wildman–Crippen LogP) is 2.76. The molecule has 0 fully saturated rings. The van der Waals surface area contributed by atoms with Crippen molar-refractivity contribution >= 4 is 23.4 Å². The molecule has 1 aromatic carbocycles. The Bertz CT molecular complexity index is 544. The Morgan fingerprint density at radius 3 is 3.26 bits per heavy atom. The summed E-state index contributed by atoms with van der Waals surface area (Å²) in [7, 11) is 0. The molecule has 0 amide bonds. The highest BCUT2D eigenvalue weighted by molar-refractivity contribution is 7.99. The second-order valence-electron chi connectivity index (χ2n) is 4.49. The minimum absolute atomic E-state index is 0.387. The molecule has 19 heavy (non-hydrogen) atoms. The van der Waals surface area contributed by atoms with Gasteiger partial charge >= 0.3 is 0 Å². The number of thioether (sulfide) groups is 1. The van der Waals surface area contributed by atoms with Crippen LogP contribution in [0, 0.1) is 0 Å². The highest BCUT2D eigenvalue weighted by Crippen LogP contribution is 2.37. The molecule has 1 aliphatic rings. The highest BCUT2D eigenvalue weighted by atomic mass is 35.5. The van der Waals surface area contributed by atoms with Crippen molar-refractivity contribution in [3.05, 3.63) is 41.2 Å². The van der Waals surface area contributed by atoms with Crippen molar-refractivity contribution in [1.29, 1.82) is 0 Å². The zero-order valence-corrected chi connectivity index (χ0v) is 12.0. The van der Waals surface area contributed by atoms with Crippen molar-refractivity contribution in [3.63, 3.8) is 0 Å². The van der Waals surface area contributed by atoms with Crippen LogP contribution in [-0.4, -0.2) is 27.3 Å². The van der Waals surface area contributed by atoms with Crippen molar-refractivity contribution in [2.45, 2.75) is 23.9 Å². The zero-order valence-electron chi connectivity index (χ0n) is 10.4. The second-order valence-corrected chi connectivity index (χ2v) is 6.07. The summed E-state index contributed by atoms with van der Waals surface area (Å²) in [6.07, 6.45) is 4.71. The van der Waals surface area contributed by atoms with Crippen LogP contribution < -0.4 is 5.32 Å². The minimum Gasteiger partial charge on any atom is -0.308 e. The number of benzene rings is 1. The molecule has 2 aromatic rings. The minimum atomic E-state index is 0.387. The Morgan fingerprint density at radius 1 is 1.47 bits per heavy atom. The molecule has 1 N–H and O–H groups in total. The summed E-state index contributed by atoms with van der Waals surface area (Å²) in [6, 6.07) is 6.55. The first-order valence-corrected chi connectivity index (χ1v) is 7.69.